The summed E-state index contributed by atoms with van der Waals surface area (Å²) in [5, 5.41) is 0. The normalized spacial score (nSPS) is 27.5. The van der Waals surface area contributed by atoms with Gasteiger partial charge in [0.25, 0.3) is 0 Å². The quantitative estimate of drug-likeness (QED) is 0.681. The van der Waals surface area contributed by atoms with E-state index in [1.165, 1.54) is 58.0 Å². The molecule has 0 amide bonds. The van der Waals surface area contributed by atoms with Crippen molar-refractivity contribution >= 4 is 0 Å². The van der Waals surface area contributed by atoms with Crippen LogP contribution >= 0.6 is 0 Å². The molecule has 1 saturated carbocycles. The van der Waals surface area contributed by atoms with Crippen LogP contribution in [-0.2, 0) is 9.47 Å². The average molecular weight is 255 g/mol. The summed E-state index contributed by atoms with van der Waals surface area (Å²) in [6, 6.07) is 0. The van der Waals surface area contributed by atoms with E-state index in [-0.39, 0.29) is 0 Å². The lowest BCUT2D eigenvalue weighted by Gasteiger charge is -2.35. The molecule has 0 radical (unpaired) electrons. The van der Waals surface area contributed by atoms with Crippen LogP contribution in [0.3, 0.4) is 0 Å². The Morgan fingerprint density at radius 1 is 1.00 bits per heavy atom. The van der Waals surface area contributed by atoms with E-state index >= 15 is 0 Å². The van der Waals surface area contributed by atoms with Crippen molar-refractivity contribution in [2.75, 3.05) is 40.0 Å². The first-order valence-electron chi connectivity index (χ1n) is 7.71. The standard InChI is InChI=1S/C15H29NO2/c1-17-10-11-18-15-8-5-9-16(13-15)12-14-6-3-2-4-7-14/h14-15H,2-13H2,1H3/t15-/m1/s1. The number of hydrogen-bond donors (Lipinski definition) is 0. The topological polar surface area (TPSA) is 21.7 Å². The van der Waals surface area contributed by atoms with Crippen LogP contribution < -0.4 is 0 Å². The molecule has 106 valence electrons. The van der Waals surface area contributed by atoms with Gasteiger partial charge in [-0.2, -0.15) is 0 Å². The Morgan fingerprint density at radius 3 is 2.61 bits per heavy atom. The second kappa shape index (κ2) is 8.13. The second-order valence-electron chi connectivity index (χ2n) is 5.89. The van der Waals surface area contributed by atoms with E-state index in [0.29, 0.717) is 6.10 Å². The van der Waals surface area contributed by atoms with Crippen LogP contribution in [0.15, 0.2) is 0 Å². The Bertz CT molecular complexity index is 217. The summed E-state index contributed by atoms with van der Waals surface area (Å²) in [5.74, 6) is 0.955. The lowest BCUT2D eigenvalue weighted by molar-refractivity contribution is -0.0243. The molecule has 0 unspecified atom stereocenters. The van der Waals surface area contributed by atoms with Crippen LogP contribution in [0.25, 0.3) is 0 Å². The first kappa shape index (κ1) is 14.3. The predicted molar refractivity (Wildman–Crippen MR) is 73.9 cm³/mol. The Balaban J connectivity index is 1.65. The van der Waals surface area contributed by atoms with Crippen LogP contribution in [0.1, 0.15) is 44.9 Å². The maximum Gasteiger partial charge on any atom is 0.0704 e. The van der Waals surface area contributed by atoms with Gasteiger partial charge in [0.1, 0.15) is 0 Å². The fraction of sp³-hybridized carbons (Fsp3) is 1.00. The predicted octanol–water partition coefficient (Wildman–Crippen LogP) is 2.69. The van der Waals surface area contributed by atoms with Crippen LogP contribution in [0.4, 0.5) is 0 Å². The van der Waals surface area contributed by atoms with Crippen molar-refractivity contribution in [2.45, 2.75) is 51.0 Å². The lowest BCUT2D eigenvalue weighted by atomic mass is 9.88. The Hall–Kier alpha value is -0.120. The van der Waals surface area contributed by atoms with Gasteiger partial charge in [0.05, 0.1) is 19.3 Å². The molecule has 2 rings (SSSR count). The number of methoxy groups -OCH3 is 1. The van der Waals surface area contributed by atoms with E-state index in [1.54, 1.807) is 7.11 Å². The zero-order valence-electron chi connectivity index (χ0n) is 11.9. The third kappa shape index (κ3) is 4.87. The van der Waals surface area contributed by atoms with Gasteiger partial charge in [-0.05, 0) is 38.1 Å². The van der Waals surface area contributed by atoms with Crippen molar-refractivity contribution in [3.63, 3.8) is 0 Å². The zero-order chi connectivity index (χ0) is 12.6. The van der Waals surface area contributed by atoms with Crippen molar-refractivity contribution in [1.29, 1.82) is 0 Å². The average Bonchev–Trinajstić information content (AvgIpc) is 2.41. The van der Waals surface area contributed by atoms with E-state index in [4.69, 9.17) is 9.47 Å². The highest BCUT2D eigenvalue weighted by molar-refractivity contribution is 4.77. The van der Waals surface area contributed by atoms with Crippen molar-refractivity contribution < 1.29 is 9.47 Å². The van der Waals surface area contributed by atoms with Crippen molar-refractivity contribution in [3.8, 4) is 0 Å². The van der Waals surface area contributed by atoms with Gasteiger partial charge in [0, 0.05) is 20.2 Å². The molecule has 2 aliphatic rings. The molecule has 0 aromatic heterocycles. The SMILES string of the molecule is COCCO[C@@H]1CCCN(CC2CCCCC2)C1. The monoisotopic (exact) mass is 255 g/mol. The molecule has 1 saturated heterocycles. The van der Waals surface area contributed by atoms with Gasteiger partial charge >= 0.3 is 0 Å². The number of nitrogens with zero attached hydrogens (tertiary/aromatic N) is 1. The van der Waals surface area contributed by atoms with E-state index in [0.717, 1.165) is 25.7 Å². The highest BCUT2D eigenvalue weighted by atomic mass is 16.5. The molecule has 18 heavy (non-hydrogen) atoms. The number of ether oxygens (including phenoxy) is 2. The van der Waals surface area contributed by atoms with Crippen LogP contribution in [0.2, 0.25) is 0 Å². The van der Waals surface area contributed by atoms with Gasteiger partial charge in [-0.15, -0.1) is 0 Å². The van der Waals surface area contributed by atoms with Gasteiger partial charge in [-0.3, -0.25) is 0 Å². The van der Waals surface area contributed by atoms with E-state index < -0.39 is 0 Å². The number of piperidine rings is 1. The molecule has 0 N–H and O–H groups in total. The number of rotatable bonds is 6. The molecule has 1 aliphatic heterocycles. The Kier molecular flexibility index (Phi) is 6.46. The van der Waals surface area contributed by atoms with E-state index in [9.17, 15) is 0 Å². The van der Waals surface area contributed by atoms with Crippen LogP contribution in [0, 0.1) is 5.92 Å². The maximum atomic E-state index is 5.88. The molecular formula is C15H29NO2. The van der Waals surface area contributed by atoms with Crippen molar-refractivity contribution in [3.05, 3.63) is 0 Å². The summed E-state index contributed by atoms with van der Waals surface area (Å²) in [5.41, 5.74) is 0. The number of likely N-dealkylation sites (tertiary alicyclic amines) is 1. The van der Waals surface area contributed by atoms with Crippen molar-refractivity contribution in [1.82, 2.24) is 4.90 Å². The summed E-state index contributed by atoms with van der Waals surface area (Å²) >= 11 is 0. The molecule has 3 nitrogen and oxygen atoms in total. The van der Waals surface area contributed by atoms with E-state index in [2.05, 4.69) is 4.90 Å². The Labute approximate surface area is 112 Å². The fourth-order valence-corrected chi connectivity index (χ4v) is 3.35. The molecule has 1 aliphatic carbocycles. The molecule has 2 fully saturated rings. The van der Waals surface area contributed by atoms with Gasteiger partial charge < -0.3 is 14.4 Å². The van der Waals surface area contributed by atoms with E-state index in [1.807, 2.05) is 0 Å². The molecule has 1 heterocycles. The van der Waals surface area contributed by atoms with Crippen LogP contribution in [0.5, 0.6) is 0 Å². The van der Waals surface area contributed by atoms with Crippen LogP contribution in [-0.4, -0.2) is 51.0 Å². The molecule has 0 bridgehead atoms. The highest BCUT2D eigenvalue weighted by Gasteiger charge is 2.23. The van der Waals surface area contributed by atoms with Gasteiger partial charge in [0.2, 0.25) is 0 Å². The summed E-state index contributed by atoms with van der Waals surface area (Å²) in [6.07, 6.45) is 10.2. The number of hydrogen-bond acceptors (Lipinski definition) is 3. The third-order valence-electron chi connectivity index (χ3n) is 4.34. The minimum Gasteiger partial charge on any atom is -0.382 e. The first-order valence-corrected chi connectivity index (χ1v) is 7.71. The molecule has 3 heteroatoms. The third-order valence-corrected chi connectivity index (χ3v) is 4.34. The minimum atomic E-state index is 0.442. The van der Waals surface area contributed by atoms with Gasteiger partial charge in [0.15, 0.2) is 0 Å². The lowest BCUT2D eigenvalue weighted by Crippen LogP contribution is -2.42. The minimum absolute atomic E-state index is 0.442. The Morgan fingerprint density at radius 2 is 1.83 bits per heavy atom. The van der Waals surface area contributed by atoms with Crippen molar-refractivity contribution in [2.24, 2.45) is 5.92 Å². The molecular weight excluding hydrogens is 226 g/mol. The van der Waals surface area contributed by atoms with Gasteiger partial charge in [-0.25, -0.2) is 0 Å². The molecule has 0 spiro atoms. The smallest absolute Gasteiger partial charge is 0.0704 e. The second-order valence-corrected chi connectivity index (χ2v) is 5.89. The first-order chi connectivity index (χ1) is 8.88. The zero-order valence-corrected chi connectivity index (χ0v) is 11.9. The summed E-state index contributed by atoms with van der Waals surface area (Å²) < 4.78 is 10.9. The summed E-state index contributed by atoms with van der Waals surface area (Å²) in [4.78, 5) is 2.64. The van der Waals surface area contributed by atoms with Gasteiger partial charge in [-0.1, -0.05) is 19.3 Å². The summed E-state index contributed by atoms with van der Waals surface area (Å²) in [6.45, 7) is 5.20. The molecule has 1 atom stereocenters. The summed E-state index contributed by atoms with van der Waals surface area (Å²) in [7, 11) is 1.74. The largest absolute Gasteiger partial charge is 0.382 e. The highest BCUT2D eigenvalue weighted by Crippen LogP contribution is 2.25. The fourth-order valence-electron chi connectivity index (χ4n) is 3.35. The maximum absolute atomic E-state index is 5.88. The molecule has 0 aromatic rings. The molecule has 0 aromatic carbocycles.